The lowest BCUT2D eigenvalue weighted by Crippen LogP contribution is -2.40. The van der Waals surface area contributed by atoms with E-state index in [1.165, 1.54) is 0 Å². The molecule has 0 aliphatic rings. The number of hydrogen-bond acceptors (Lipinski definition) is 4. The molecule has 1 aromatic heterocycles. The smallest absolute Gasteiger partial charge is 0.258 e. The molecule has 0 spiro atoms. The third-order valence-electron chi connectivity index (χ3n) is 3.45. The van der Waals surface area contributed by atoms with Gasteiger partial charge in [-0.25, -0.2) is 0 Å². The van der Waals surface area contributed by atoms with Crippen LogP contribution in [0.5, 0.6) is 5.75 Å². The summed E-state index contributed by atoms with van der Waals surface area (Å²) in [6, 6.07) is 5.19. The highest BCUT2D eigenvalue weighted by Crippen LogP contribution is 2.22. The van der Waals surface area contributed by atoms with Crippen LogP contribution in [0.25, 0.3) is 0 Å². The zero-order chi connectivity index (χ0) is 17.0. The Bertz CT molecular complexity index is 698. The normalized spacial score (nSPS) is 13.4. The predicted molar refractivity (Wildman–Crippen MR) is 87.5 cm³/mol. The minimum atomic E-state index is -1.19. The van der Waals surface area contributed by atoms with Gasteiger partial charge >= 0.3 is 0 Å². The Labute approximate surface area is 140 Å². The van der Waals surface area contributed by atoms with E-state index in [4.69, 9.17) is 16.3 Å². The lowest BCUT2D eigenvalue weighted by molar-refractivity contribution is -0.124. The topological polar surface area (TPSA) is 76.4 Å². The monoisotopic (exact) mass is 337 g/mol. The summed E-state index contributed by atoms with van der Waals surface area (Å²) in [6.45, 7) is 3.41. The van der Waals surface area contributed by atoms with Crippen LogP contribution < -0.4 is 10.1 Å². The average Bonchev–Trinajstić information content (AvgIpc) is 2.92. The highest BCUT2D eigenvalue weighted by Gasteiger charge is 2.25. The molecule has 23 heavy (non-hydrogen) atoms. The fourth-order valence-corrected chi connectivity index (χ4v) is 2.27. The van der Waals surface area contributed by atoms with E-state index in [9.17, 15) is 9.90 Å². The molecule has 0 bridgehead atoms. The Balaban J connectivity index is 1.85. The van der Waals surface area contributed by atoms with Crippen molar-refractivity contribution in [2.24, 2.45) is 7.05 Å². The number of carbonyl (C=O) groups excluding carboxylic acids is 1. The van der Waals surface area contributed by atoms with Crippen LogP contribution in [0.1, 0.15) is 18.1 Å². The second-order valence-electron chi connectivity index (χ2n) is 5.65. The van der Waals surface area contributed by atoms with Crippen LogP contribution >= 0.6 is 11.6 Å². The molecule has 1 amide bonds. The number of amides is 1. The van der Waals surface area contributed by atoms with Crippen molar-refractivity contribution in [3.8, 4) is 5.75 Å². The number of aryl methyl sites for hydroxylation is 2. The van der Waals surface area contributed by atoms with Gasteiger partial charge in [0.25, 0.3) is 5.91 Å². The molecule has 0 fully saturated rings. The maximum absolute atomic E-state index is 11.9. The van der Waals surface area contributed by atoms with Crippen molar-refractivity contribution in [1.29, 1.82) is 0 Å². The Hall–Kier alpha value is -2.05. The molecule has 7 heteroatoms. The molecule has 1 atom stereocenters. The van der Waals surface area contributed by atoms with Crippen molar-refractivity contribution < 1.29 is 14.6 Å². The molecular formula is C16H20ClN3O3. The first-order valence-electron chi connectivity index (χ1n) is 7.15. The molecule has 0 aliphatic carbocycles. The van der Waals surface area contributed by atoms with Gasteiger partial charge in [0.15, 0.2) is 6.61 Å². The summed E-state index contributed by atoms with van der Waals surface area (Å²) in [6.07, 6.45) is 3.28. The second kappa shape index (κ2) is 7.02. The minimum Gasteiger partial charge on any atom is -0.484 e. The van der Waals surface area contributed by atoms with Crippen LogP contribution in [0.4, 0.5) is 0 Å². The summed E-state index contributed by atoms with van der Waals surface area (Å²) in [7, 11) is 1.76. The van der Waals surface area contributed by atoms with Crippen LogP contribution in [0, 0.1) is 6.92 Å². The number of halogens is 1. The van der Waals surface area contributed by atoms with Crippen molar-refractivity contribution in [2.75, 3.05) is 13.2 Å². The number of carbonyl (C=O) groups is 1. The van der Waals surface area contributed by atoms with E-state index >= 15 is 0 Å². The molecule has 6 nitrogen and oxygen atoms in total. The van der Waals surface area contributed by atoms with Gasteiger partial charge in [0.05, 0.1) is 12.7 Å². The van der Waals surface area contributed by atoms with Gasteiger partial charge in [-0.05, 0) is 37.6 Å². The maximum atomic E-state index is 11.9. The van der Waals surface area contributed by atoms with E-state index in [-0.39, 0.29) is 19.1 Å². The minimum absolute atomic E-state index is 0.0699. The fraction of sp³-hybridized carbons (Fsp3) is 0.375. The van der Waals surface area contributed by atoms with Crippen LogP contribution in [0.2, 0.25) is 5.02 Å². The highest BCUT2D eigenvalue weighted by atomic mass is 35.5. The molecule has 1 aromatic carbocycles. The summed E-state index contributed by atoms with van der Waals surface area (Å²) >= 11 is 5.87. The molecule has 0 radical (unpaired) electrons. The molecule has 1 unspecified atom stereocenters. The van der Waals surface area contributed by atoms with Crippen LogP contribution in [0.3, 0.4) is 0 Å². The number of aromatic nitrogens is 2. The Kier molecular flexibility index (Phi) is 5.28. The van der Waals surface area contributed by atoms with Crippen molar-refractivity contribution in [1.82, 2.24) is 15.1 Å². The summed E-state index contributed by atoms with van der Waals surface area (Å²) in [5.41, 5.74) is 0.294. The quantitative estimate of drug-likeness (QED) is 0.842. The summed E-state index contributed by atoms with van der Waals surface area (Å²) in [5.74, 6) is 0.284. The zero-order valence-corrected chi connectivity index (χ0v) is 14.1. The van der Waals surface area contributed by atoms with Gasteiger partial charge in [0.1, 0.15) is 11.4 Å². The van der Waals surface area contributed by atoms with Crippen molar-refractivity contribution >= 4 is 17.5 Å². The molecular weight excluding hydrogens is 318 g/mol. The SMILES string of the molecule is Cc1cc(Cl)ccc1OCC(=O)NCC(C)(O)c1cnn(C)c1. The van der Waals surface area contributed by atoms with Gasteiger partial charge in [0.2, 0.25) is 0 Å². The summed E-state index contributed by atoms with van der Waals surface area (Å²) in [5, 5.41) is 17.7. The van der Waals surface area contributed by atoms with E-state index < -0.39 is 5.60 Å². The van der Waals surface area contributed by atoms with Crippen LogP contribution in [-0.2, 0) is 17.4 Å². The molecule has 0 saturated carbocycles. The van der Waals surface area contributed by atoms with Gasteiger partial charge in [-0.15, -0.1) is 0 Å². The molecule has 2 N–H and O–H groups in total. The Morgan fingerprint density at radius 1 is 1.52 bits per heavy atom. The maximum Gasteiger partial charge on any atom is 0.258 e. The van der Waals surface area contributed by atoms with Crippen molar-refractivity contribution in [3.63, 3.8) is 0 Å². The number of rotatable bonds is 6. The number of nitrogens with zero attached hydrogens (tertiary/aromatic N) is 2. The highest BCUT2D eigenvalue weighted by molar-refractivity contribution is 6.30. The summed E-state index contributed by atoms with van der Waals surface area (Å²) in [4.78, 5) is 11.9. The van der Waals surface area contributed by atoms with Crippen LogP contribution in [0.15, 0.2) is 30.6 Å². The number of ether oxygens (including phenoxy) is 1. The van der Waals surface area contributed by atoms with E-state index in [0.29, 0.717) is 16.3 Å². The molecule has 2 rings (SSSR count). The van der Waals surface area contributed by atoms with Gasteiger partial charge in [-0.3, -0.25) is 9.48 Å². The first-order valence-corrected chi connectivity index (χ1v) is 7.53. The van der Waals surface area contributed by atoms with E-state index in [1.54, 1.807) is 49.2 Å². The molecule has 2 aromatic rings. The average molecular weight is 338 g/mol. The third-order valence-corrected chi connectivity index (χ3v) is 3.69. The first kappa shape index (κ1) is 17.3. The van der Waals surface area contributed by atoms with E-state index in [0.717, 1.165) is 5.56 Å². The fourth-order valence-electron chi connectivity index (χ4n) is 2.04. The number of aliphatic hydroxyl groups is 1. The zero-order valence-electron chi connectivity index (χ0n) is 13.3. The van der Waals surface area contributed by atoms with Crippen LogP contribution in [-0.4, -0.2) is 33.9 Å². The molecule has 124 valence electrons. The number of hydrogen-bond donors (Lipinski definition) is 2. The van der Waals surface area contributed by atoms with Gasteiger partial charge in [-0.1, -0.05) is 11.6 Å². The summed E-state index contributed by atoms with van der Waals surface area (Å²) < 4.78 is 7.06. The number of nitrogens with one attached hydrogen (secondary N) is 1. The standard InChI is InChI=1S/C16H20ClN3O3/c1-11-6-13(17)4-5-14(11)23-9-15(21)18-10-16(2,22)12-7-19-20(3)8-12/h4-8,22H,9-10H2,1-3H3,(H,18,21). The Morgan fingerprint density at radius 2 is 2.26 bits per heavy atom. The second-order valence-corrected chi connectivity index (χ2v) is 6.09. The van der Waals surface area contributed by atoms with Gasteiger partial charge < -0.3 is 15.2 Å². The Morgan fingerprint density at radius 3 is 2.87 bits per heavy atom. The van der Waals surface area contributed by atoms with Gasteiger partial charge in [0, 0.05) is 23.8 Å². The van der Waals surface area contributed by atoms with E-state index in [2.05, 4.69) is 10.4 Å². The van der Waals surface area contributed by atoms with Crippen molar-refractivity contribution in [2.45, 2.75) is 19.4 Å². The molecule has 1 heterocycles. The third kappa shape index (κ3) is 4.71. The lowest BCUT2D eigenvalue weighted by atomic mass is 10.00. The first-order chi connectivity index (χ1) is 10.8. The molecule has 0 saturated heterocycles. The van der Waals surface area contributed by atoms with Crippen molar-refractivity contribution in [3.05, 3.63) is 46.7 Å². The van der Waals surface area contributed by atoms with Gasteiger partial charge in [-0.2, -0.15) is 5.10 Å². The lowest BCUT2D eigenvalue weighted by Gasteiger charge is -2.22. The number of benzene rings is 1. The molecule has 0 aliphatic heterocycles. The van der Waals surface area contributed by atoms with E-state index in [1.807, 2.05) is 6.92 Å². The predicted octanol–water partition coefficient (Wildman–Crippen LogP) is 1.78. The largest absolute Gasteiger partial charge is 0.484 e.